The van der Waals surface area contributed by atoms with Gasteiger partial charge in [0.15, 0.2) is 0 Å². The van der Waals surface area contributed by atoms with E-state index in [4.69, 9.17) is 11.6 Å². The van der Waals surface area contributed by atoms with Crippen molar-refractivity contribution in [3.63, 3.8) is 0 Å². The van der Waals surface area contributed by atoms with Crippen LogP contribution in [-0.4, -0.2) is 45.5 Å². The van der Waals surface area contributed by atoms with Crippen molar-refractivity contribution >= 4 is 23.1 Å². The van der Waals surface area contributed by atoms with Gasteiger partial charge in [-0.1, -0.05) is 6.92 Å². The van der Waals surface area contributed by atoms with Crippen LogP contribution < -0.4 is 5.32 Å². The summed E-state index contributed by atoms with van der Waals surface area (Å²) in [5.41, 5.74) is -0.141. The first kappa shape index (κ1) is 14.0. The quantitative estimate of drug-likeness (QED) is 0.517. The van der Waals surface area contributed by atoms with Gasteiger partial charge in [0.05, 0.1) is 4.92 Å². The Morgan fingerprint density at radius 3 is 3.16 bits per heavy atom. The van der Waals surface area contributed by atoms with E-state index in [9.17, 15) is 10.1 Å². The summed E-state index contributed by atoms with van der Waals surface area (Å²) in [7, 11) is 0. The number of rotatable bonds is 4. The molecule has 1 aromatic heterocycles. The number of hydrogen-bond acceptors (Lipinski definition) is 6. The van der Waals surface area contributed by atoms with Crippen molar-refractivity contribution in [2.75, 3.05) is 25.0 Å². The highest BCUT2D eigenvalue weighted by Gasteiger charge is 2.23. The highest BCUT2D eigenvalue weighted by Crippen LogP contribution is 2.24. The fourth-order valence-corrected chi connectivity index (χ4v) is 2.38. The second kappa shape index (κ2) is 6.12. The van der Waals surface area contributed by atoms with Crippen LogP contribution >= 0.6 is 11.6 Å². The molecule has 8 heteroatoms. The molecule has 1 fully saturated rings. The number of nitrogens with zero attached hydrogens (tertiary/aromatic N) is 4. The fraction of sp³-hybridized carbons (Fsp3) is 0.636. The molecule has 1 saturated heterocycles. The SMILES string of the molecule is CCN1CCCC(Nc2nc(Cl)ncc2[N+](=O)[O-])C1. The van der Waals surface area contributed by atoms with E-state index in [1.165, 1.54) is 0 Å². The van der Waals surface area contributed by atoms with Crippen LogP contribution in [0.2, 0.25) is 5.28 Å². The third kappa shape index (κ3) is 3.51. The lowest BCUT2D eigenvalue weighted by Crippen LogP contribution is -2.42. The number of hydrogen-bond donors (Lipinski definition) is 1. The molecule has 0 aliphatic carbocycles. The zero-order chi connectivity index (χ0) is 13.8. The minimum absolute atomic E-state index is 0.0104. The summed E-state index contributed by atoms with van der Waals surface area (Å²) in [5, 5.41) is 14.1. The smallest absolute Gasteiger partial charge is 0.329 e. The van der Waals surface area contributed by atoms with Crippen molar-refractivity contribution in [1.82, 2.24) is 14.9 Å². The molecule has 0 radical (unpaired) electrons. The molecule has 0 spiro atoms. The Balaban J connectivity index is 2.13. The van der Waals surface area contributed by atoms with E-state index in [1.54, 1.807) is 0 Å². The Labute approximate surface area is 116 Å². The largest absolute Gasteiger partial charge is 0.360 e. The van der Waals surface area contributed by atoms with Gasteiger partial charge in [-0.3, -0.25) is 10.1 Å². The molecule has 104 valence electrons. The molecule has 1 atom stereocenters. The summed E-state index contributed by atoms with van der Waals surface area (Å²) in [6.07, 6.45) is 3.17. The Hall–Kier alpha value is -1.47. The zero-order valence-electron chi connectivity index (χ0n) is 10.7. The van der Waals surface area contributed by atoms with Crippen molar-refractivity contribution in [1.29, 1.82) is 0 Å². The van der Waals surface area contributed by atoms with E-state index in [0.29, 0.717) is 0 Å². The number of piperidine rings is 1. The molecule has 0 saturated carbocycles. The number of nitrogens with one attached hydrogen (secondary N) is 1. The van der Waals surface area contributed by atoms with Crippen LogP contribution in [0.5, 0.6) is 0 Å². The number of nitro groups is 1. The van der Waals surface area contributed by atoms with Gasteiger partial charge in [-0.2, -0.15) is 4.98 Å². The summed E-state index contributed by atoms with van der Waals surface area (Å²) in [5.74, 6) is 0.202. The summed E-state index contributed by atoms with van der Waals surface area (Å²) >= 11 is 5.70. The molecule has 0 amide bonds. The van der Waals surface area contributed by atoms with E-state index in [1.807, 2.05) is 0 Å². The summed E-state index contributed by atoms with van der Waals surface area (Å²) in [6, 6.07) is 0.151. The van der Waals surface area contributed by atoms with E-state index in [-0.39, 0.29) is 22.8 Å². The molecule has 0 aromatic carbocycles. The molecule has 1 aromatic rings. The van der Waals surface area contributed by atoms with Gasteiger partial charge in [-0.05, 0) is 37.5 Å². The number of halogens is 1. The average molecular weight is 286 g/mol. The number of anilines is 1. The van der Waals surface area contributed by atoms with Gasteiger partial charge in [-0.15, -0.1) is 0 Å². The van der Waals surface area contributed by atoms with Gasteiger partial charge in [0.25, 0.3) is 0 Å². The highest BCUT2D eigenvalue weighted by atomic mass is 35.5. The van der Waals surface area contributed by atoms with Crippen LogP contribution in [0, 0.1) is 10.1 Å². The second-order valence-corrected chi connectivity index (χ2v) is 4.84. The first-order valence-corrected chi connectivity index (χ1v) is 6.63. The van der Waals surface area contributed by atoms with Crippen LogP contribution in [0.15, 0.2) is 6.20 Å². The maximum absolute atomic E-state index is 10.9. The average Bonchev–Trinajstić information content (AvgIpc) is 2.38. The van der Waals surface area contributed by atoms with Crippen molar-refractivity contribution in [2.45, 2.75) is 25.8 Å². The lowest BCUT2D eigenvalue weighted by atomic mass is 10.1. The molecule has 1 aliphatic rings. The number of aromatic nitrogens is 2. The second-order valence-electron chi connectivity index (χ2n) is 4.51. The Kier molecular flexibility index (Phi) is 4.49. The maximum atomic E-state index is 10.9. The van der Waals surface area contributed by atoms with E-state index in [0.717, 1.165) is 38.7 Å². The molecule has 7 nitrogen and oxygen atoms in total. The summed E-state index contributed by atoms with van der Waals surface area (Å²) < 4.78 is 0. The minimum atomic E-state index is -0.501. The van der Waals surface area contributed by atoms with Crippen LogP contribution in [0.4, 0.5) is 11.5 Å². The van der Waals surface area contributed by atoms with E-state index < -0.39 is 4.92 Å². The summed E-state index contributed by atoms with van der Waals surface area (Å²) in [6.45, 7) is 5.01. The Bertz CT molecular complexity index is 470. The monoisotopic (exact) mass is 285 g/mol. The molecule has 1 aliphatic heterocycles. The molecule has 2 rings (SSSR count). The highest BCUT2D eigenvalue weighted by molar-refractivity contribution is 6.28. The van der Waals surface area contributed by atoms with Crippen LogP contribution in [0.3, 0.4) is 0 Å². The molecular formula is C11H16ClN5O2. The van der Waals surface area contributed by atoms with Gasteiger partial charge in [0.2, 0.25) is 11.1 Å². The van der Waals surface area contributed by atoms with Gasteiger partial charge < -0.3 is 10.2 Å². The fourth-order valence-electron chi connectivity index (χ4n) is 2.25. The van der Waals surface area contributed by atoms with Crippen molar-refractivity contribution in [3.8, 4) is 0 Å². The predicted molar refractivity (Wildman–Crippen MR) is 72.5 cm³/mol. The zero-order valence-corrected chi connectivity index (χ0v) is 11.4. The van der Waals surface area contributed by atoms with Crippen LogP contribution in [0.1, 0.15) is 19.8 Å². The molecule has 19 heavy (non-hydrogen) atoms. The molecule has 1 N–H and O–H groups in total. The normalized spacial score (nSPS) is 20.2. The van der Waals surface area contributed by atoms with E-state index in [2.05, 4.69) is 27.1 Å². The van der Waals surface area contributed by atoms with Crippen molar-refractivity contribution in [3.05, 3.63) is 21.6 Å². The van der Waals surface area contributed by atoms with Gasteiger partial charge in [0, 0.05) is 12.6 Å². The molecule has 0 bridgehead atoms. The Morgan fingerprint density at radius 2 is 2.47 bits per heavy atom. The van der Waals surface area contributed by atoms with Gasteiger partial charge >= 0.3 is 5.69 Å². The van der Waals surface area contributed by atoms with Crippen molar-refractivity contribution < 1.29 is 4.92 Å². The minimum Gasteiger partial charge on any atom is -0.360 e. The van der Waals surface area contributed by atoms with E-state index >= 15 is 0 Å². The third-order valence-electron chi connectivity index (χ3n) is 3.23. The van der Waals surface area contributed by atoms with Crippen LogP contribution in [0.25, 0.3) is 0 Å². The molecule has 1 unspecified atom stereocenters. The van der Waals surface area contributed by atoms with Crippen LogP contribution in [-0.2, 0) is 0 Å². The maximum Gasteiger partial charge on any atom is 0.329 e. The molecular weight excluding hydrogens is 270 g/mol. The van der Waals surface area contributed by atoms with Crippen molar-refractivity contribution in [2.24, 2.45) is 0 Å². The first-order valence-electron chi connectivity index (χ1n) is 6.26. The topological polar surface area (TPSA) is 84.2 Å². The van der Waals surface area contributed by atoms with Gasteiger partial charge in [-0.25, -0.2) is 4.98 Å². The number of likely N-dealkylation sites (tertiary alicyclic amines) is 1. The molecule has 2 heterocycles. The third-order valence-corrected chi connectivity index (χ3v) is 3.41. The summed E-state index contributed by atoms with van der Waals surface area (Å²) in [4.78, 5) is 20.3. The first-order chi connectivity index (χ1) is 9.10. The van der Waals surface area contributed by atoms with Gasteiger partial charge in [0.1, 0.15) is 6.20 Å². The number of likely N-dealkylation sites (N-methyl/N-ethyl adjacent to an activating group) is 1. The predicted octanol–water partition coefficient (Wildman–Crippen LogP) is 1.93. The standard InChI is InChI=1S/C11H16ClN5O2/c1-2-16-5-3-4-8(7-16)14-10-9(17(18)19)6-13-11(12)15-10/h6,8H,2-5,7H2,1H3,(H,13,14,15). The Morgan fingerprint density at radius 1 is 1.68 bits per heavy atom. The lowest BCUT2D eigenvalue weighted by Gasteiger charge is -2.32. The lowest BCUT2D eigenvalue weighted by molar-refractivity contribution is -0.384.